The average molecular weight is 133 g/mol. The van der Waals surface area contributed by atoms with Crippen LogP contribution in [0.3, 0.4) is 0 Å². The predicted octanol–water partition coefficient (Wildman–Crippen LogP) is 0.409. The molecule has 1 aliphatic carbocycles. The molecule has 2 N–H and O–H groups in total. The van der Waals surface area contributed by atoms with Crippen LogP contribution in [0.25, 0.3) is 0 Å². The van der Waals surface area contributed by atoms with Gasteiger partial charge in [0, 0.05) is 5.75 Å². The normalized spacial score (nSPS) is 27.2. The minimum absolute atomic E-state index is 0.347. The second-order valence-electron chi connectivity index (χ2n) is 2.84. The Morgan fingerprint density at radius 1 is 1.75 bits per heavy atom. The fourth-order valence-corrected chi connectivity index (χ4v) is 1.68. The third kappa shape index (κ3) is 1.56. The van der Waals surface area contributed by atoms with Crippen molar-refractivity contribution in [3.8, 4) is 0 Å². The van der Waals surface area contributed by atoms with Gasteiger partial charge in [-0.05, 0) is 18.3 Å². The first kappa shape index (κ1) is 6.23. The van der Waals surface area contributed by atoms with Crippen LogP contribution < -0.4 is 5.14 Å². The fourth-order valence-electron chi connectivity index (χ4n) is 0.701. The standard InChI is InChI=1S/C5H11NOS/c1-5(2-3-5)4-8(6)7/h2-4,6H2,1H3. The molecule has 0 radical (unpaired) electrons. The van der Waals surface area contributed by atoms with E-state index in [0.29, 0.717) is 11.2 Å². The minimum Gasteiger partial charge on any atom is -0.252 e. The summed E-state index contributed by atoms with van der Waals surface area (Å²) >= 11 is 0. The summed E-state index contributed by atoms with van der Waals surface area (Å²) in [6, 6.07) is 0. The van der Waals surface area contributed by atoms with Gasteiger partial charge in [-0.25, -0.2) is 4.21 Å². The van der Waals surface area contributed by atoms with Gasteiger partial charge in [0.1, 0.15) is 0 Å². The molecule has 1 rings (SSSR count). The Labute approximate surface area is 52.0 Å². The lowest BCUT2D eigenvalue weighted by atomic mass is 10.2. The summed E-state index contributed by atoms with van der Waals surface area (Å²) in [5.74, 6) is 0.688. The second kappa shape index (κ2) is 1.81. The van der Waals surface area contributed by atoms with Gasteiger partial charge in [0.25, 0.3) is 0 Å². The summed E-state index contributed by atoms with van der Waals surface area (Å²) in [6.07, 6.45) is 2.41. The van der Waals surface area contributed by atoms with E-state index in [-0.39, 0.29) is 0 Å². The molecule has 0 heterocycles. The highest BCUT2D eigenvalue weighted by molar-refractivity contribution is 7.82. The zero-order valence-corrected chi connectivity index (χ0v) is 5.83. The minimum atomic E-state index is -1.07. The monoisotopic (exact) mass is 133 g/mol. The van der Waals surface area contributed by atoms with Crippen molar-refractivity contribution in [1.82, 2.24) is 0 Å². The molecular formula is C5H11NOS. The SMILES string of the molecule is CC1(CS(N)=O)CC1. The first-order valence-electron chi connectivity index (χ1n) is 2.75. The molecule has 1 unspecified atom stereocenters. The van der Waals surface area contributed by atoms with Crippen LogP contribution in [-0.4, -0.2) is 9.96 Å². The van der Waals surface area contributed by atoms with Crippen molar-refractivity contribution in [2.75, 3.05) is 5.75 Å². The Kier molecular flexibility index (Phi) is 1.41. The van der Waals surface area contributed by atoms with E-state index in [1.807, 2.05) is 0 Å². The molecule has 1 aliphatic rings. The highest BCUT2D eigenvalue weighted by atomic mass is 32.2. The molecule has 1 fully saturated rings. The van der Waals surface area contributed by atoms with Crippen molar-refractivity contribution in [3.63, 3.8) is 0 Å². The maximum Gasteiger partial charge on any atom is 0.0893 e. The first-order valence-corrected chi connectivity index (χ1v) is 4.13. The molecule has 48 valence electrons. The Balaban J connectivity index is 2.29. The van der Waals surface area contributed by atoms with Gasteiger partial charge in [-0.3, -0.25) is 5.14 Å². The van der Waals surface area contributed by atoms with Crippen LogP contribution >= 0.6 is 0 Å². The average Bonchev–Trinajstić information content (AvgIpc) is 2.17. The molecule has 0 saturated heterocycles. The summed E-state index contributed by atoms with van der Waals surface area (Å²) < 4.78 is 10.4. The molecule has 0 aromatic rings. The van der Waals surface area contributed by atoms with Gasteiger partial charge in [-0.2, -0.15) is 0 Å². The molecule has 0 aromatic carbocycles. The summed E-state index contributed by atoms with van der Waals surface area (Å²) in [5, 5.41) is 5.09. The third-order valence-electron chi connectivity index (χ3n) is 1.59. The van der Waals surface area contributed by atoms with Gasteiger partial charge in [0.2, 0.25) is 0 Å². The van der Waals surface area contributed by atoms with Crippen molar-refractivity contribution in [1.29, 1.82) is 0 Å². The van der Waals surface area contributed by atoms with E-state index in [9.17, 15) is 4.21 Å². The van der Waals surface area contributed by atoms with E-state index in [1.165, 1.54) is 12.8 Å². The van der Waals surface area contributed by atoms with Crippen LogP contribution in [0, 0.1) is 5.41 Å². The highest BCUT2D eigenvalue weighted by Crippen LogP contribution is 2.44. The molecule has 0 amide bonds. The maximum absolute atomic E-state index is 10.4. The van der Waals surface area contributed by atoms with Gasteiger partial charge in [0.05, 0.1) is 11.0 Å². The lowest BCUT2D eigenvalue weighted by Crippen LogP contribution is -2.14. The van der Waals surface area contributed by atoms with Crippen molar-refractivity contribution in [2.45, 2.75) is 19.8 Å². The van der Waals surface area contributed by atoms with E-state index in [2.05, 4.69) is 6.92 Å². The number of nitrogens with two attached hydrogens (primary N) is 1. The zero-order valence-electron chi connectivity index (χ0n) is 5.02. The Bertz CT molecular complexity index is 120. The second-order valence-corrected chi connectivity index (χ2v) is 3.89. The summed E-state index contributed by atoms with van der Waals surface area (Å²) in [7, 11) is -1.07. The smallest absolute Gasteiger partial charge is 0.0893 e. The van der Waals surface area contributed by atoms with Gasteiger partial charge >= 0.3 is 0 Å². The van der Waals surface area contributed by atoms with Crippen LogP contribution in [-0.2, 0) is 11.0 Å². The highest BCUT2D eigenvalue weighted by Gasteiger charge is 2.38. The Hall–Kier alpha value is 0.110. The van der Waals surface area contributed by atoms with Crippen LogP contribution in [0.4, 0.5) is 0 Å². The van der Waals surface area contributed by atoms with Crippen LogP contribution in [0.5, 0.6) is 0 Å². The molecule has 2 nitrogen and oxygen atoms in total. The van der Waals surface area contributed by atoms with Crippen molar-refractivity contribution >= 4 is 11.0 Å². The summed E-state index contributed by atoms with van der Waals surface area (Å²) in [6.45, 7) is 2.12. The number of hydrogen-bond donors (Lipinski definition) is 1. The lowest BCUT2D eigenvalue weighted by molar-refractivity contribution is 0.633. The molecule has 0 aromatic heterocycles. The van der Waals surface area contributed by atoms with Crippen molar-refractivity contribution in [2.24, 2.45) is 10.6 Å². The van der Waals surface area contributed by atoms with E-state index >= 15 is 0 Å². The third-order valence-corrected chi connectivity index (χ3v) is 2.58. The van der Waals surface area contributed by atoms with Crippen molar-refractivity contribution < 1.29 is 4.21 Å². The molecule has 0 aliphatic heterocycles. The largest absolute Gasteiger partial charge is 0.252 e. The Morgan fingerprint density at radius 3 is 2.38 bits per heavy atom. The van der Waals surface area contributed by atoms with E-state index < -0.39 is 11.0 Å². The number of rotatable bonds is 2. The predicted molar refractivity (Wildman–Crippen MR) is 34.5 cm³/mol. The molecule has 1 atom stereocenters. The van der Waals surface area contributed by atoms with Crippen LogP contribution in [0.1, 0.15) is 19.8 Å². The quantitative estimate of drug-likeness (QED) is 0.582. The fraction of sp³-hybridized carbons (Fsp3) is 1.00. The molecule has 0 bridgehead atoms. The van der Waals surface area contributed by atoms with Crippen LogP contribution in [0.2, 0.25) is 0 Å². The molecule has 8 heavy (non-hydrogen) atoms. The van der Waals surface area contributed by atoms with Crippen molar-refractivity contribution in [3.05, 3.63) is 0 Å². The van der Waals surface area contributed by atoms with Gasteiger partial charge in [-0.1, -0.05) is 6.92 Å². The summed E-state index contributed by atoms with van der Waals surface area (Å²) in [5.41, 5.74) is 0.347. The first-order chi connectivity index (χ1) is 3.62. The maximum atomic E-state index is 10.4. The van der Waals surface area contributed by atoms with Crippen LogP contribution in [0.15, 0.2) is 0 Å². The number of hydrogen-bond acceptors (Lipinski definition) is 1. The van der Waals surface area contributed by atoms with E-state index in [0.717, 1.165) is 0 Å². The summed E-state index contributed by atoms with van der Waals surface area (Å²) in [4.78, 5) is 0. The molecule has 1 saturated carbocycles. The van der Waals surface area contributed by atoms with E-state index in [4.69, 9.17) is 5.14 Å². The topological polar surface area (TPSA) is 43.1 Å². The van der Waals surface area contributed by atoms with Gasteiger partial charge in [-0.15, -0.1) is 0 Å². The molecule has 3 heteroatoms. The molecule has 0 spiro atoms. The van der Waals surface area contributed by atoms with E-state index in [1.54, 1.807) is 0 Å². The Morgan fingerprint density at radius 2 is 2.25 bits per heavy atom. The molecular weight excluding hydrogens is 122 g/mol. The van der Waals surface area contributed by atoms with Gasteiger partial charge < -0.3 is 0 Å². The van der Waals surface area contributed by atoms with Gasteiger partial charge in [0.15, 0.2) is 0 Å². The lowest BCUT2D eigenvalue weighted by Gasteiger charge is -2.01. The zero-order chi connectivity index (χ0) is 6.20.